The number of hydrogen-bond acceptors (Lipinski definition) is 2. The minimum absolute atomic E-state index is 0.515. The lowest BCUT2D eigenvalue weighted by molar-refractivity contribution is 0.0211. The highest BCUT2D eigenvalue weighted by Gasteiger charge is 2.17. The maximum Gasteiger partial charge on any atom is 0.0728 e. The standard InChI is InChI=1S/C11H15NO/c1-8-3-9(2)5-10(4-8)12-11-6-13-7-11/h3-5,11-12H,6-7H2,1-2H3. The summed E-state index contributed by atoms with van der Waals surface area (Å²) in [5.74, 6) is 0. The third-order valence-corrected chi connectivity index (χ3v) is 2.23. The molecule has 1 N–H and O–H groups in total. The lowest BCUT2D eigenvalue weighted by Crippen LogP contribution is -2.40. The number of rotatable bonds is 2. The van der Waals surface area contributed by atoms with E-state index in [0.29, 0.717) is 6.04 Å². The zero-order valence-corrected chi connectivity index (χ0v) is 8.13. The second-order valence-corrected chi connectivity index (χ2v) is 3.76. The average molecular weight is 177 g/mol. The van der Waals surface area contributed by atoms with Crippen molar-refractivity contribution in [1.82, 2.24) is 0 Å². The Hall–Kier alpha value is -1.02. The van der Waals surface area contributed by atoms with E-state index >= 15 is 0 Å². The third kappa shape index (κ3) is 2.01. The molecule has 1 fully saturated rings. The van der Waals surface area contributed by atoms with Crippen molar-refractivity contribution < 1.29 is 4.74 Å². The summed E-state index contributed by atoms with van der Waals surface area (Å²) in [4.78, 5) is 0. The molecule has 1 heterocycles. The molecule has 0 spiro atoms. The summed E-state index contributed by atoms with van der Waals surface area (Å²) in [6.45, 7) is 5.92. The predicted molar refractivity (Wildman–Crippen MR) is 54.1 cm³/mol. The molecule has 0 amide bonds. The first-order valence-electron chi connectivity index (χ1n) is 4.66. The minimum atomic E-state index is 0.515. The second-order valence-electron chi connectivity index (χ2n) is 3.76. The van der Waals surface area contributed by atoms with Gasteiger partial charge in [-0.2, -0.15) is 0 Å². The molecule has 0 bridgehead atoms. The maximum atomic E-state index is 5.11. The van der Waals surface area contributed by atoms with Gasteiger partial charge in [0.05, 0.1) is 19.3 Å². The summed E-state index contributed by atoms with van der Waals surface area (Å²) in [6, 6.07) is 7.04. The molecular weight excluding hydrogens is 162 g/mol. The highest BCUT2D eigenvalue weighted by Crippen LogP contribution is 2.16. The van der Waals surface area contributed by atoms with Gasteiger partial charge in [-0.25, -0.2) is 0 Å². The number of nitrogens with one attached hydrogen (secondary N) is 1. The first kappa shape index (κ1) is 8.57. The van der Waals surface area contributed by atoms with E-state index in [-0.39, 0.29) is 0 Å². The zero-order chi connectivity index (χ0) is 9.26. The molecule has 0 aliphatic carbocycles. The van der Waals surface area contributed by atoms with Gasteiger partial charge in [0, 0.05) is 5.69 Å². The smallest absolute Gasteiger partial charge is 0.0728 e. The molecule has 1 aliphatic rings. The predicted octanol–water partition coefficient (Wildman–Crippen LogP) is 2.11. The first-order valence-corrected chi connectivity index (χ1v) is 4.66. The quantitative estimate of drug-likeness (QED) is 0.747. The normalized spacial score (nSPS) is 16.8. The van der Waals surface area contributed by atoms with Gasteiger partial charge in [-0.1, -0.05) is 6.07 Å². The van der Waals surface area contributed by atoms with Gasteiger partial charge >= 0.3 is 0 Å². The van der Waals surface area contributed by atoms with Crippen molar-refractivity contribution in [3.8, 4) is 0 Å². The van der Waals surface area contributed by atoms with Gasteiger partial charge in [0.2, 0.25) is 0 Å². The fraction of sp³-hybridized carbons (Fsp3) is 0.455. The zero-order valence-electron chi connectivity index (χ0n) is 8.13. The Bertz CT molecular complexity index is 285. The number of anilines is 1. The molecule has 0 atom stereocenters. The molecule has 0 unspecified atom stereocenters. The van der Waals surface area contributed by atoms with Crippen LogP contribution in [0.3, 0.4) is 0 Å². The molecule has 2 nitrogen and oxygen atoms in total. The van der Waals surface area contributed by atoms with Crippen molar-refractivity contribution in [2.45, 2.75) is 19.9 Å². The number of benzene rings is 1. The van der Waals surface area contributed by atoms with Crippen LogP contribution in [-0.4, -0.2) is 19.3 Å². The average Bonchev–Trinajstić information content (AvgIpc) is 1.95. The molecule has 0 saturated carbocycles. The van der Waals surface area contributed by atoms with Crippen molar-refractivity contribution in [2.24, 2.45) is 0 Å². The molecule has 13 heavy (non-hydrogen) atoms. The Labute approximate surface area is 78.9 Å². The molecule has 1 aromatic carbocycles. The highest BCUT2D eigenvalue weighted by atomic mass is 16.5. The fourth-order valence-electron chi connectivity index (χ4n) is 1.61. The van der Waals surface area contributed by atoms with Crippen LogP contribution in [0.1, 0.15) is 11.1 Å². The highest BCUT2D eigenvalue weighted by molar-refractivity contribution is 5.49. The Morgan fingerprint density at radius 1 is 1.15 bits per heavy atom. The van der Waals surface area contributed by atoms with E-state index in [1.165, 1.54) is 16.8 Å². The molecule has 2 rings (SSSR count). The lowest BCUT2D eigenvalue weighted by atomic mass is 10.1. The van der Waals surface area contributed by atoms with Crippen LogP contribution < -0.4 is 5.32 Å². The number of ether oxygens (including phenoxy) is 1. The van der Waals surface area contributed by atoms with Crippen LogP contribution in [0.5, 0.6) is 0 Å². The van der Waals surface area contributed by atoms with E-state index in [9.17, 15) is 0 Å². The molecule has 0 radical (unpaired) electrons. The van der Waals surface area contributed by atoms with Gasteiger partial charge in [-0.05, 0) is 37.1 Å². The van der Waals surface area contributed by atoms with E-state index in [1.54, 1.807) is 0 Å². The van der Waals surface area contributed by atoms with E-state index in [4.69, 9.17) is 4.74 Å². The van der Waals surface area contributed by atoms with Crippen molar-refractivity contribution >= 4 is 5.69 Å². The van der Waals surface area contributed by atoms with Gasteiger partial charge in [-0.3, -0.25) is 0 Å². The van der Waals surface area contributed by atoms with Crippen LogP contribution in [0.15, 0.2) is 18.2 Å². The molecule has 1 saturated heterocycles. The Morgan fingerprint density at radius 2 is 1.77 bits per heavy atom. The third-order valence-electron chi connectivity index (χ3n) is 2.23. The van der Waals surface area contributed by atoms with Gasteiger partial charge < -0.3 is 10.1 Å². The van der Waals surface area contributed by atoms with Gasteiger partial charge in [0.25, 0.3) is 0 Å². The Balaban J connectivity index is 2.10. The van der Waals surface area contributed by atoms with Crippen molar-refractivity contribution in [3.05, 3.63) is 29.3 Å². The summed E-state index contributed by atoms with van der Waals surface area (Å²) in [6.07, 6.45) is 0. The summed E-state index contributed by atoms with van der Waals surface area (Å²) < 4.78 is 5.11. The summed E-state index contributed by atoms with van der Waals surface area (Å²) in [5, 5.41) is 3.44. The molecular formula is C11H15NO. The van der Waals surface area contributed by atoms with Crippen LogP contribution >= 0.6 is 0 Å². The summed E-state index contributed by atoms with van der Waals surface area (Å²) in [7, 11) is 0. The summed E-state index contributed by atoms with van der Waals surface area (Å²) >= 11 is 0. The van der Waals surface area contributed by atoms with Crippen LogP contribution in [-0.2, 0) is 4.74 Å². The van der Waals surface area contributed by atoms with E-state index in [0.717, 1.165) is 13.2 Å². The van der Waals surface area contributed by atoms with Crippen molar-refractivity contribution in [1.29, 1.82) is 0 Å². The second kappa shape index (κ2) is 3.38. The first-order chi connectivity index (χ1) is 6.24. The Morgan fingerprint density at radius 3 is 2.23 bits per heavy atom. The van der Waals surface area contributed by atoms with Crippen LogP contribution in [0.25, 0.3) is 0 Å². The topological polar surface area (TPSA) is 21.3 Å². The van der Waals surface area contributed by atoms with Crippen molar-refractivity contribution in [3.63, 3.8) is 0 Å². The summed E-state index contributed by atoms with van der Waals surface area (Å²) in [5.41, 5.74) is 3.83. The van der Waals surface area contributed by atoms with Gasteiger partial charge in [-0.15, -0.1) is 0 Å². The SMILES string of the molecule is Cc1cc(C)cc(NC2COC2)c1. The van der Waals surface area contributed by atoms with Crippen molar-refractivity contribution in [2.75, 3.05) is 18.5 Å². The fourth-order valence-corrected chi connectivity index (χ4v) is 1.61. The van der Waals surface area contributed by atoms with E-state index < -0.39 is 0 Å². The molecule has 2 heteroatoms. The molecule has 1 aliphatic heterocycles. The maximum absolute atomic E-state index is 5.11. The van der Waals surface area contributed by atoms with Crippen LogP contribution in [0, 0.1) is 13.8 Å². The molecule has 0 aromatic heterocycles. The van der Waals surface area contributed by atoms with E-state index in [2.05, 4.69) is 37.4 Å². The lowest BCUT2D eigenvalue weighted by Gasteiger charge is -2.28. The Kier molecular flexibility index (Phi) is 2.23. The number of hydrogen-bond donors (Lipinski definition) is 1. The molecule has 70 valence electrons. The minimum Gasteiger partial charge on any atom is -0.378 e. The van der Waals surface area contributed by atoms with Gasteiger partial charge in [0.1, 0.15) is 0 Å². The van der Waals surface area contributed by atoms with Gasteiger partial charge in [0.15, 0.2) is 0 Å². The van der Waals surface area contributed by atoms with E-state index in [1.807, 2.05) is 0 Å². The monoisotopic (exact) mass is 177 g/mol. The number of aryl methyl sites for hydroxylation is 2. The molecule has 1 aromatic rings. The van der Waals surface area contributed by atoms with Crippen LogP contribution in [0.2, 0.25) is 0 Å². The van der Waals surface area contributed by atoms with Crippen LogP contribution in [0.4, 0.5) is 5.69 Å². The largest absolute Gasteiger partial charge is 0.378 e.